The predicted octanol–water partition coefficient (Wildman–Crippen LogP) is 2.42. The molecule has 0 spiro atoms. The van der Waals surface area contributed by atoms with Crippen molar-refractivity contribution >= 4 is 5.69 Å². The molecule has 1 aromatic rings. The third-order valence-corrected chi connectivity index (χ3v) is 2.98. The molecule has 1 unspecified atom stereocenters. The number of hydrogen-bond acceptors (Lipinski definition) is 2. The number of nitrogen functional groups attached to an aromatic ring is 1. The number of hydrogen-bond donors (Lipinski definition) is 2. The second-order valence-electron chi connectivity index (χ2n) is 4.08. The van der Waals surface area contributed by atoms with Gasteiger partial charge in [-0.2, -0.15) is 0 Å². The van der Waals surface area contributed by atoms with Crippen molar-refractivity contribution in [3.63, 3.8) is 0 Å². The molecule has 3 N–H and O–H groups in total. The second-order valence-corrected chi connectivity index (χ2v) is 4.08. The van der Waals surface area contributed by atoms with Gasteiger partial charge in [0.05, 0.1) is 0 Å². The molecule has 2 nitrogen and oxygen atoms in total. The summed E-state index contributed by atoms with van der Waals surface area (Å²) >= 11 is 0. The van der Waals surface area contributed by atoms with Crippen LogP contribution in [0.4, 0.5) is 5.69 Å². The molecule has 0 saturated carbocycles. The lowest BCUT2D eigenvalue weighted by atomic mass is 10.1. The maximum absolute atomic E-state index is 5.76. The molecule has 1 aromatic carbocycles. The fourth-order valence-electron chi connectivity index (χ4n) is 2.21. The van der Waals surface area contributed by atoms with E-state index in [0.717, 1.165) is 25.1 Å². The Hall–Kier alpha value is -1.28. The molecule has 0 amide bonds. The zero-order valence-electron chi connectivity index (χ0n) is 9.00. The Balaban J connectivity index is 2.04. The summed E-state index contributed by atoms with van der Waals surface area (Å²) in [6, 6.07) is 6.76. The van der Waals surface area contributed by atoms with Gasteiger partial charge in [-0.1, -0.05) is 12.1 Å². The van der Waals surface area contributed by atoms with Gasteiger partial charge in [0.25, 0.3) is 0 Å². The molecule has 0 fully saturated rings. The van der Waals surface area contributed by atoms with Crippen LogP contribution in [0.15, 0.2) is 30.9 Å². The van der Waals surface area contributed by atoms with Gasteiger partial charge in [-0.25, -0.2) is 0 Å². The summed E-state index contributed by atoms with van der Waals surface area (Å²) in [5.74, 6) is 0. The van der Waals surface area contributed by atoms with E-state index >= 15 is 0 Å². The Bertz CT molecular complexity index is 358. The van der Waals surface area contributed by atoms with E-state index in [0.29, 0.717) is 6.04 Å². The van der Waals surface area contributed by atoms with Gasteiger partial charge in [0.1, 0.15) is 0 Å². The molecule has 80 valence electrons. The minimum absolute atomic E-state index is 0.514. The minimum Gasteiger partial charge on any atom is -0.399 e. The lowest BCUT2D eigenvalue weighted by Gasteiger charge is -2.13. The molecule has 1 aliphatic rings. The molecule has 0 saturated heterocycles. The van der Waals surface area contributed by atoms with Crippen LogP contribution in [-0.2, 0) is 6.42 Å². The van der Waals surface area contributed by atoms with Crippen molar-refractivity contribution in [2.45, 2.75) is 25.3 Å². The van der Waals surface area contributed by atoms with Gasteiger partial charge >= 0.3 is 0 Å². The van der Waals surface area contributed by atoms with Gasteiger partial charge in [0.2, 0.25) is 0 Å². The summed E-state index contributed by atoms with van der Waals surface area (Å²) in [5, 5.41) is 3.55. The number of fused-ring (bicyclic) bond motifs is 1. The maximum Gasteiger partial charge on any atom is 0.0326 e. The van der Waals surface area contributed by atoms with Gasteiger partial charge in [-0.05, 0) is 49.1 Å². The number of aryl methyl sites for hydroxylation is 1. The Morgan fingerprint density at radius 2 is 2.40 bits per heavy atom. The second kappa shape index (κ2) is 4.49. The Morgan fingerprint density at radius 3 is 3.20 bits per heavy atom. The number of rotatable bonds is 4. The van der Waals surface area contributed by atoms with Gasteiger partial charge in [0, 0.05) is 11.7 Å². The fraction of sp³-hybridized carbons (Fsp3) is 0.385. The Kier molecular flexibility index (Phi) is 3.07. The first-order valence-corrected chi connectivity index (χ1v) is 5.54. The van der Waals surface area contributed by atoms with Crippen molar-refractivity contribution in [3.8, 4) is 0 Å². The van der Waals surface area contributed by atoms with Gasteiger partial charge < -0.3 is 11.1 Å². The molecule has 0 heterocycles. The topological polar surface area (TPSA) is 38.0 Å². The zero-order chi connectivity index (χ0) is 10.7. The summed E-state index contributed by atoms with van der Waals surface area (Å²) in [6.07, 6.45) is 5.31. The third-order valence-electron chi connectivity index (χ3n) is 2.98. The first-order valence-electron chi connectivity index (χ1n) is 5.54. The number of benzene rings is 1. The van der Waals surface area contributed by atoms with Crippen LogP contribution in [0.5, 0.6) is 0 Å². The van der Waals surface area contributed by atoms with Crippen LogP contribution in [0.25, 0.3) is 0 Å². The quantitative estimate of drug-likeness (QED) is 0.447. The molecule has 0 radical (unpaired) electrons. The third kappa shape index (κ3) is 2.21. The smallest absolute Gasteiger partial charge is 0.0326 e. The van der Waals surface area contributed by atoms with Crippen molar-refractivity contribution in [1.82, 2.24) is 5.32 Å². The van der Waals surface area contributed by atoms with Crippen LogP contribution >= 0.6 is 0 Å². The number of nitrogens with two attached hydrogens (primary N) is 1. The van der Waals surface area contributed by atoms with E-state index in [1.54, 1.807) is 0 Å². The normalized spacial score (nSPS) is 18.8. The van der Waals surface area contributed by atoms with Gasteiger partial charge in [0.15, 0.2) is 0 Å². The van der Waals surface area contributed by atoms with Gasteiger partial charge in [-0.3, -0.25) is 0 Å². The Labute approximate surface area is 91.2 Å². The van der Waals surface area contributed by atoms with E-state index in [2.05, 4.69) is 24.0 Å². The molecule has 1 atom stereocenters. The van der Waals surface area contributed by atoms with Gasteiger partial charge in [-0.15, -0.1) is 6.58 Å². The predicted molar refractivity (Wildman–Crippen MR) is 64.7 cm³/mol. The highest BCUT2D eigenvalue weighted by atomic mass is 14.9. The van der Waals surface area contributed by atoms with Crippen LogP contribution in [-0.4, -0.2) is 6.54 Å². The standard InChI is InChI=1S/C13H18N2/c1-2-3-8-15-13-7-4-10-9-11(14)5-6-12(10)13/h2,5-6,9,13,15H,1,3-4,7-8,14H2. The van der Waals surface area contributed by atoms with Crippen LogP contribution in [0.1, 0.15) is 30.0 Å². The highest BCUT2D eigenvalue weighted by Crippen LogP contribution is 2.32. The average molecular weight is 202 g/mol. The molecule has 0 aromatic heterocycles. The molecule has 0 aliphatic heterocycles. The monoisotopic (exact) mass is 202 g/mol. The summed E-state index contributed by atoms with van der Waals surface area (Å²) in [5.41, 5.74) is 9.47. The lowest BCUT2D eigenvalue weighted by Crippen LogP contribution is -2.19. The van der Waals surface area contributed by atoms with E-state index in [4.69, 9.17) is 5.73 Å². The minimum atomic E-state index is 0.514. The largest absolute Gasteiger partial charge is 0.399 e. The van der Waals surface area contributed by atoms with Crippen LogP contribution < -0.4 is 11.1 Å². The molecular formula is C13H18N2. The van der Waals surface area contributed by atoms with E-state index in [9.17, 15) is 0 Å². The van der Waals surface area contributed by atoms with E-state index in [1.807, 2.05) is 12.1 Å². The summed E-state index contributed by atoms with van der Waals surface area (Å²) in [7, 11) is 0. The van der Waals surface area contributed by atoms with E-state index in [1.165, 1.54) is 17.5 Å². The van der Waals surface area contributed by atoms with Crippen molar-refractivity contribution in [2.75, 3.05) is 12.3 Å². The molecule has 0 bridgehead atoms. The Morgan fingerprint density at radius 1 is 1.53 bits per heavy atom. The molecule has 15 heavy (non-hydrogen) atoms. The van der Waals surface area contributed by atoms with Crippen molar-refractivity contribution in [2.24, 2.45) is 0 Å². The number of nitrogens with one attached hydrogen (secondary N) is 1. The SMILES string of the molecule is C=CCCNC1CCc2cc(N)ccc21. The lowest BCUT2D eigenvalue weighted by molar-refractivity contribution is 0.537. The fourth-order valence-corrected chi connectivity index (χ4v) is 2.21. The van der Waals surface area contributed by atoms with Crippen LogP contribution in [0.2, 0.25) is 0 Å². The van der Waals surface area contributed by atoms with Crippen molar-refractivity contribution in [3.05, 3.63) is 42.0 Å². The zero-order valence-corrected chi connectivity index (χ0v) is 9.00. The van der Waals surface area contributed by atoms with Crippen LogP contribution in [0, 0.1) is 0 Å². The van der Waals surface area contributed by atoms with E-state index < -0.39 is 0 Å². The van der Waals surface area contributed by atoms with Crippen molar-refractivity contribution in [1.29, 1.82) is 0 Å². The maximum atomic E-state index is 5.76. The summed E-state index contributed by atoms with van der Waals surface area (Å²) in [4.78, 5) is 0. The highest BCUT2D eigenvalue weighted by Gasteiger charge is 2.21. The average Bonchev–Trinajstić information content (AvgIpc) is 2.61. The molecule has 1 aliphatic carbocycles. The first kappa shape index (κ1) is 10.2. The first-order chi connectivity index (χ1) is 7.31. The molecule has 2 heteroatoms. The molecular weight excluding hydrogens is 184 g/mol. The molecule has 2 rings (SSSR count). The van der Waals surface area contributed by atoms with Crippen molar-refractivity contribution < 1.29 is 0 Å². The number of anilines is 1. The van der Waals surface area contributed by atoms with E-state index in [-0.39, 0.29) is 0 Å². The van der Waals surface area contributed by atoms with Crippen LogP contribution in [0.3, 0.4) is 0 Å². The summed E-state index contributed by atoms with van der Waals surface area (Å²) < 4.78 is 0. The highest BCUT2D eigenvalue weighted by molar-refractivity contribution is 5.47. The summed E-state index contributed by atoms with van der Waals surface area (Å²) in [6.45, 7) is 4.74.